The van der Waals surface area contributed by atoms with Gasteiger partial charge in [0.15, 0.2) is 5.13 Å². The summed E-state index contributed by atoms with van der Waals surface area (Å²) in [6.07, 6.45) is 3.86. The Bertz CT molecular complexity index is 995. The lowest BCUT2D eigenvalue weighted by atomic mass is 9.97. The van der Waals surface area contributed by atoms with Gasteiger partial charge in [-0.1, -0.05) is 30.7 Å². The van der Waals surface area contributed by atoms with Crippen LogP contribution in [0.4, 0.5) is 5.13 Å². The zero-order chi connectivity index (χ0) is 20.2. The molecule has 3 aromatic rings. The standard InChI is InChI=1S/C23H27N3O2S/c1-16(17-6-7-19-13-21(28-2)9-8-18(19)12-17)22(27)25-23-24-20(15-29-23)14-26-10-4-3-5-11-26/h6-9,12-13,15-16H,3-5,10-11,14H2,1-2H3,(H,24,25,27)/t16-/m0/s1. The molecule has 0 unspecified atom stereocenters. The number of nitrogens with one attached hydrogen (secondary N) is 1. The first-order valence-electron chi connectivity index (χ1n) is 10.2. The predicted molar refractivity (Wildman–Crippen MR) is 119 cm³/mol. The van der Waals surface area contributed by atoms with Crippen LogP contribution in [0.2, 0.25) is 0 Å². The fraction of sp³-hybridized carbons (Fsp3) is 0.391. The molecule has 0 spiro atoms. The van der Waals surface area contributed by atoms with Gasteiger partial charge in [-0.05, 0) is 61.3 Å². The van der Waals surface area contributed by atoms with Crippen LogP contribution < -0.4 is 10.1 Å². The van der Waals surface area contributed by atoms with Gasteiger partial charge in [0.1, 0.15) is 5.75 Å². The molecule has 1 aliphatic heterocycles. The molecule has 0 radical (unpaired) electrons. The first-order chi connectivity index (χ1) is 14.1. The molecule has 1 amide bonds. The van der Waals surface area contributed by atoms with Crippen molar-refractivity contribution in [1.82, 2.24) is 9.88 Å². The van der Waals surface area contributed by atoms with E-state index in [0.717, 1.165) is 47.4 Å². The van der Waals surface area contributed by atoms with Crippen molar-refractivity contribution < 1.29 is 9.53 Å². The maximum Gasteiger partial charge on any atom is 0.233 e. The molecule has 152 valence electrons. The van der Waals surface area contributed by atoms with E-state index in [1.807, 2.05) is 37.3 Å². The highest BCUT2D eigenvalue weighted by atomic mass is 32.1. The number of benzene rings is 2. The first kappa shape index (κ1) is 19.9. The lowest BCUT2D eigenvalue weighted by Crippen LogP contribution is -2.29. The largest absolute Gasteiger partial charge is 0.497 e. The number of amides is 1. The molecule has 2 heterocycles. The maximum absolute atomic E-state index is 12.8. The number of nitrogens with zero attached hydrogens (tertiary/aromatic N) is 2. The van der Waals surface area contributed by atoms with Crippen LogP contribution in [0.1, 0.15) is 43.4 Å². The number of carbonyl (C=O) groups excluding carboxylic acids is 1. The quantitative estimate of drug-likeness (QED) is 0.620. The Kier molecular flexibility index (Phi) is 6.11. The number of methoxy groups -OCH3 is 1. The van der Waals surface area contributed by atoms with E-state index in [2.05, 4.69) is 26.6 Å². The molecular formula is C23H27N3O2S. The number of piperidine rings is 1. The fourth-order valence-corrected chi connectivity index (χ4v) is 4.49. The number of fused-ring (bicyclic) bond motifs is 1. The summed E-state index contributed by atoms with van der Waals surface area (Å²) in [4.78, 5) is 19.8. The third-order valence-corrected chi connectivity index (χ3v) is 6.39. The normalized spacial score (nSPS) is 15.9. The molecule has 1 aromatic heterocycles. The van der Waals surface area contributed by atoms with E-state index in [1.165, 1.54) is 30.6 Å². The summed E-state index contributed by atoms with van der Waals surface area (Å²) in [5.41, 5.74) is 2.03. The number of likely N-dealkylation sites (tertiary alicyclic amines) is 1. The Labute approximate surface area is 175 Å². The van der Waals surface area contributed by atoms with Crippen LogP contribution in [0, 0.1) is 0 Å². The van der Waals surface area contributed by atoms with Gasteiger partial charge in [0.25, 0.3) is 0 Å². The molecule has 1 aliphatic rings. The van der Waals surface area contributed by atoms with Gasteiger partial charge in [-0.2, -0.15) is 0 Å². The number of thiazole rings is 1. The molecule has 2 aromatic carbocycles. The molecule has 5 nitrogen and oxygen atoms in total. The van der Waals surface area contributed by atoms with Crippen molar-refractivity contribution >= 4 is 33.1 Å². The Morgan fingerprint density at radius 1 is 1.17 bits per heavy atom. The summed E-state index contributed by atoms with van der Waals surface area (Å²) in [7, 11) is 1.67. The van der Waals surface area contributed by atoms with Crippen molar-refractivity contribution in [3.63, 3.8) is 0 Å². The number of anilines is 1. The second-order valence-corrected chi connectivity index (χ2v) is 8.52. The Morgan fingerprint density at radius 3 is 2.72 bits per heavy atom. The van der Waals surface area contributed by atoms with Crippen molar-refractivity contribution in [3.8, 4) is 5.75 Å². The summed E-state index contributed by atoms with van der Waals surface area (Å²) in [6, 6.07) is 12.1. The van der Waals surface area contributed by atoms with E-state index in [9.17, 15) is 4.79 Å². The van der Waals surface area contributed by atoms with Crippen LogP contribution in [0.25, 0.3) is 10.8 Å². The first-order valence-corrected chi connectivity index (χ1v) is 11.1. The maximum atomic E-state index is 12.8. The number of rotatable bonds is 6. The predicted octanol–water partition coefficient (Wildman–Crippen LogP) is 5.03. The van der Waals surface area contributed by atoms with Crippen molar-refractivity contribution in [3.05, 3.63) is 53.0 Å². The lowest BCUT2D eigenvalue weighted by molar-refractivity contribution is -0.117. The summed E-state index contributed by atoms with van der Waals surface area (Å²) in [6.45, 7) is 5.09. The highest BCUT2D eigenvalue weighted by Gasteiger charge is 2.18. The summed E-state index contributed by atoms with van der Waals surface area (Å²) >= 11 is 1.50. The SMILES string of the molecule is COc1ccc2cc([C@H](C)C(=O)Nc3nc(CN4CCCCC4)cs3)ccc2c1. The van der Waals surface area contributed by atoms with Crippen molar-refractivity contribution in [2.75, 3.05) is 25.5 Å². The van der Waals surface area contributed by atoms with Gasteiger partial charge in [0.2, 0.25) is 5.91 Å². The van der Waals surface area contributed by atoms with Crippen molar-refractivity contribution in [2.45, 2.75) is 38.6 Å². The average Bonchev–Trinajstić information content (AvgIpc) is 3.19. The molecule has 29 heavy (non-hydrogen) atoms. The van der Waals surface area contributed by atoms with E-state index in [4.69, 9.17) is 4.74 Å². The number of ether oxygens (including phenoxy) is 1. The molecule has 1 saturated heterocycles. The minimum atomic E-state index is -0.254. The molecule has 4 rings (SSSR count). The van der Waals surface area contributed by atoms with Crippen molar-refractivity contribution in [2.24, 2.45) is 0 Å². The minimum absolute atomic E-state index is 0.0308. The molecule has 0 aliphatic carbocycles. The molecular weight excluding hydrogens is 382 g/mol. The third-order valence-electron chi connectivity index (χ3n) is 5.58. The number of hydrogen-bond donors (Lipinski definition) is 1. The van der Waals surface area contributed by atoms with Crippen LogP contribution in [0.3, 0.4) is 0 Å². The van der Waals surface area contributed by atoms with E-state index >= 15 is 0 Å². The van der Waals surface area contributed by atoms with E-state index < -0.39 is 0 Å². The molecule has 0 bridgehead atoms. The zero-order valence-corrected chi connectivity index (χ0v) is 17.8. The number of hydrogen-bond acceptors (Lipinski definition) is 5. The highest BCUT2D eigenvalue weighted by molar-refractivity contribution is 7.13. The topological polar surface area (TPSA) is 54.5 Å². The van der Waals surface area contributed by atoms with Crippen LogP contribution in [0.5, 0.6) is 5.75 Å². The van der Waals surface area contributed by atoms with Gasteiger partial charge in [0, 0.05) is 11.9 Å². The molecule has 1 N–H and O–H groups in total. The fourth-order valence-electron chi connectivity index (χ4n) is 3.79. The van der Waals surface area contributed by atoms with Gasteiger partial charge >= 0.3 is 0 Å². The Morgan fingerprint density at radius 2 is 1.93 bits per heavy atom. The van der Waals surface area contributed by atoms with E-state index in [0.29, 0.717) is 5.13 Å². The van der Waals surface area contributed by atoms with Crippen LogP contribution in [0.15, 0.2) is 41.8 Å². The van der Waals surface area contributed by atoms with Gasteiger partial charge in [0.05, 0.1) is 18.7 Å². The van der Waals surface area contributed by atoms with Crippen molar-refractivity contribution in [1.29, 1.82) is 0 Å². The monoisotopic (exact) mass is 409 g/mol. The molecule has 0 saturated carbocycles. The Hall–Kier alpha value is -2.44. The smallest absolute Gasteiger partial charge is 0.233 e. The van der Waals surface area contributed by atoms with Gasteiger partial charge in [-0.25, -0.2) is 4.98 Å². The summed E-state index contributed by atoms with van der Waals surface area (Å²) < 4.78 is 5.28. The average molecular weight is 410 g/mol. The summed E-state index contributed by atoms with van der Waals surface area (Å²) in [5, 5.41) is 7.93. The van der Waals surface area contributed by atoms with Gasteiger partial charge in [-0.15, -0.1) is 11.3 Å². The Balaban J connectivity index is 1.41. The van der Waals surface area contributed by atoms with Gasteiger partial charge < -0.3 is 10.1 Å². The van der Waals surface area contributed by atoms with Crippen LogP contribution in [-0.2, 0) is 11.3 Å². The second kappa shape index (κ2) is 8.93. The van der Waals surface area contributed by atoms with Crippen LogP contribution >= 0.6 is 11.3 Å². The minimum Gasteiger partial charge on any atom is -0.497 e. The summed E-state index contributed by atoms with van der Waals surface area (Å²) in [5.74, 6) is 0.549. The van der Waals surface area contributed by atoms with Crippen LogP contribution in [-0.4, -0.2) is 36.0 Å². The van der Waals surface area contributed by atoms with E-state index in [-0.39, 0.29) is 11.8 Å². The molecule has 6 heteroatoms. The second-order valence-electron chi connectivity index (χ2n) is 7.66. The number of carbonyl (C=O) groups is 1. The number of aromatic nitrogens is 1. The van der Waals surface area contributed by atoms with E-state index in [1.54, 1.807) is 7.11 Å². The molecule has 1 atom stereocenters. The van der Waals surface area contributed by atoms with Gasteiger partial charge in [-0.3, -0.25) is 9.69 Å². The molecule has 1 fully saturated rings. The lowest BCUT2D eigenvalue weighted by Gasteiger charge is -2.25. The highest BCUT2D eigenvalue weighted by Crippen LogP contribution is 2.26. The zero-order valence-electron chi connectivity index (χ0n) is 17.0. The third kappa shape index (κ3) is 4.77.